The van der Waals surface area contributed by atoms with Gasteiger partial charge in [-0.3, -0.25) is 9.59 Å². The van der Waals surface area contributed by atoms with Crippen LogP contribution >= 0.6 is 22.9 Å². The van der Waals surface area contributed by atoms with Gasteiger partial charge in [-0.25, -0.2) is 4.39 Å². The Balaban J connectivity index is 1.90. The molecule has 1 heterocycles. The first-order valence-corrected chi connectivity index (χ1v) is 7.74. The van der Waals surface area contributed by atoms with Crippen molar-refractivity contribution in [3.8, 4) is 0 Å². The second-order valence-corrected chi connectivity index (χ2v) is 5.74. The minimum absolute atomic E-state index is 0.0742. The Morgan fingerprint density at radius 3 is 2.82 bits per heavy atom. The van der Waals surface area contributed by atoms with E-state index in [0.29, 0.717) is 0 Å². The van der Waals surface area contributed by atoms with Crippen LogP contribution in [0.25, 0.3) is 0 Å². The van der Waals surface area contributed by atoms with Crippen LogP contribution in [0.3, 0.4) is 0 Å². The molecule has 1 aromatic heterocycles. The van der Waals surface area contributed by atoms with Gasteiger partial charge in [0, 0.05) is 0 Å². The van der Waals surface area contributed by atoms with Crippen LogP contribution < -0.4 is 5.32 Å². The average molecular weight is 342 g/mol. The quantitative estimate of drug-likeness (QED) is 0.844. The van der Waals surface area contributed by atoms with E-state index in [0.717, 1.165) is 11.6 Å². The van der Waals surface area contributed by atoms with Crippen LogP contribution in [0.2, 0.25) is 5.02 Å². The number of benzene rings is 1. The van der Waals surface area contributed by atoms with Gasteiger partial charge in [0.1, 0.15) is 5.82 Å². The first kappa shape index (κ1) is 16.5. The highest BCUT2D eigenvalue weighted by Crippen LogP contribution is 2.22. The first-order valence-electron chi connectivity index (χ1n) is 6.42. The molecule has 0 saturated carbocycles. The lowest BCUT2D eigenvalue weighted by atomic mass is 10.2. The van der Waals surface area contributed by atoms with Crippen LogP contribution in [-0.4, -0.2) is 18.0 Å². The Bertz CT molecular complexity index is 675. The third-order valence-electron chi connectivity index (χ3n) is 2.80. The van der Waals surface area contributed by atoms with Gasteiger partial charge in [-0.2, -0.15) is 11.3 Å². The lowest BCUT2D eigenvalue weighted by Gasteiger charge is -2.14. The average Bonchev–Trinajstić information content (AvgIpc) is 2.94. The molecule has 1 amide bonds. The van der Waals surface area contributed by atoms with E-state index in [9.17, 15) is 14.0 Å². The summed E-state index contributed by atoms with van der Waals surface area (Å²) in [5.74, 6) is -1.53. The van der Waals surface area contributed by atoms with E-state index >= 15 is 0 Å². The molecule has 0 fully saturated rings. The summed E-state index contributed by atoms with van der Waals surface area (Å²) >= 11 is 7.30. The lowest BCUT2D eigenvalue weighted by molar-refractivity contribution is -0.152. The highest BCUT2D eigenvalue weighted by atomic mass is 35.5. The highest BCUT2D eigenvalue weighted by Gasteiger charge is 2.19. The van der Waals surface area contributed by atoms with Crippen molar-refractivity contribution in [1.29, 1.82) is 0 Å². The molecule has 7 heteroatoms. The molecule has 0 radical (unpaired) electrons. The predicted molar refractivity (Wildman–Crippen MR) is 83.6 cm³/mol. The molecule has 0 bridgehead atoms. The predicted octanol–water partition coefficient (Wildman–Crippen LogP) is 3.65. The van der Waals surface area contributed by atoms with E-state index in [4.69, 9.17) is 16.3 Å². The SMILES string of the molecule is C[C@@H](OC(=O)Cc1ccsc1)C(=O)Nc1ccc(F)cc1Cl. The number of anilines is 1. The van der Waals surface area contributed by atoms with Crippen LogP contribution in [-0.2, 0) is 20.7 Å². The fourth-order valence-corrected chi connectivity index (χ4v) is 2.56. The fourth-order valence-electron chi connectivity index (χ4n) is 1.68. The summed E-state index contributed by atoms with van der Waals surface area (Å²) in [4.78, 5) is 23.7. The monoisotopic (exact) mass is 341 g/mol. The largest absolute Gasteiger partial charge is 0.452 e. The third kappa shape index (κ3) is 4.54. The van der Waals surface area contributed by atoms with Gasteiger partial charge >= 0.3 is 5.97 Å². The second kappa shape index (κ2) is 7.38. The molecule has 0 spiro atoms. The Kier molecular flexibility index (Phi) is 5.51. The van der Waals surface area contributed by atoms with E-state index in [1.54, 1.807) is 0 Å². The maximum Gasteiger partial charge on any atom is 0.311 e. The van der Waals surface area contributed by atoms with Gasteiger partial charge < -0.3 is 10.1 Å². The second-order valence-electron chi connectivity index (χ2n) is 4.55. The van der Waals surface area contributed by atoms with Gasteiger partial charge in [0.25, 0.3) is 5.91 Å². The molecule has 1 N–H and O–H groups in total. The van der Waals surface area contributed by atoms with E-state index in [-0.39, 0.29) is 17.1 Å². The number of amides is 1. The number of thiophene rings is 1. The number of ether oxygens (including phenoxy) is 1. The Morgan fingerprint density at radius 2 is 2.18 bits per heavy atom. The van der Waals surface area contributed by atoms with Gasteiger partial charge in [0.05, 0.1) is 17.1 Å². The Labute approximate surface area is 135 Å². The van der Waals surface area contributed by atoms with Crippen LogP contribution in [0, 0.1) is 5.82 Å². The topological polar surface area (TPSA) is 55.4 Å². The third-order valence-corrected chi connectivity index (χ3v) is 3.84. The van der Waals surface area contributed by atoms with Crippen molar-refractivity contribution in [2.75, 3.05) is 5.32 Å². The number of carbonyl (C=O) groups excluding carboxylic acids is 2. The smallest absolute Gasteiger partial charge is 0.311 e. The zero-order valence-corrected chi connectivity index (χ0v) is 13.2. The lowest BCUT2D eigenvalue weighted by Crippen LogP contribution is -2.30. The summed E-state index contributed by atoms with van der Waals surface area (Å²) in [6.07, 6.45) is -0.870. The zero-order chi connectivity index (χ0) is 16.1. The van der Waals surface area contributed by atoms with Gasteiger partial charge in [-0.05, 0) is 47.5 Å². The van der Waals surface area contributed by atoms with Crippen molar-refractivity contribution in [3.05, 3.63) is 51.4 Å². The number of hydrogen-bond acceptors (Lipinski definition) is 4. The molecule has 0 aliphatic rings. The summed E-state index contributed by atoms with van der Waals surface area (Å²) < 4.78 is 18.0. The number of halogens is 2. The van der Waals surface area contributed by atoms with Gasteiger partial charge in [0.15, 0.2) is 6.10 Å². The Morgan fingerprint density at radius 1 is 1.41 bits per heavy atom. The first-order chi connectivity index (χ1) is 10.5. The molecule has 2 aromatic rings. The van der Waals surface area contributed by atoms with Crippen LogP contribution in [0.4, 0.5) is 10.1 Å². The molecule has 4 nitrogen and oxygen atoms in total. The highest BCUT2D eigenvalue weighted by molar-refractivity contribution is 7.08. The van der Waals surface area contributed by atoms with Crippen molar-refractivity contribution in [2.45, 2.75) is 19.4 Å². The van der Waals surface area contributed by atoms with E-state index in [1.807, 2.05) is 16.8 Å². The van der Waals surface area contributed by atoms with Crippen molar-refractivity contribution >= 4 is 40.5 Å². The molecule has 1 aromatic carbocycles. The van der Waals surface area contributed by atoms with E-state index in [2.05, 4.69) is 5.32 Å². The summed E-state index contributed by atoms with van der Waals surface area (Å²) in [6, 6.07) is 5.42. The molecular formula is C15H13ClFNO3S. The normalized spacial score (nSPS) is 11.8. The van der Waals surface area contributed by atoms with Crippen LogP contribution in [0.5, 0.6) is 0 Å². The number of esters is 1. The molecule has 0 aliphatic carbocycles. The maximum atomic E-state index is 12.9. The standard InChI is InChI=1S/C15H13ClFNO3S/c1-9(21-14(19)6-10-4-5-22-8-10)15(20)18-13-3-2-11(17)7-12(13)16/h2-5,7-9H,6H2,1H3,(H,18,20)/t9-/m1/s1. The number of carbonyl (C=O) groups is 2. The number of rotatable bonds is 5. The molecule has 0 saturated heterocycles. The molecule has 0 aliphatic heterocycles. The van der Waals surface area contributed by atoms with Crippen LogP contribution in [0.1, 0.15) is 12.5 Å². The Hall–Kier alpha value is -1.92. The van der Waals surface area contributed by atoms with Crippen molar-refractivity contribution in [1.82, 2.24) is 0 Å². The molecule has 0 unspecified atom stereocenters. The molecule has 1 atom stereocenters. The summed E-state index contributed by atoms with van der Waals surface area (Å²) in [7, 11) is 0. The minimum atomic E-state index is -0.979. The van der Waals surface area contributed by atoms with Gasteiger partial charge in [-0.1, -0.05) is 11.6 Å². The van der Waals surface area contributed by atoms with Crippen molar-refractivity contribution < 1.29 is 18.7 Å². The van der Waals surface area contributed by atoms with Crippen molar-refractivity contribution in [3.63, 3.8) is 0 Å². The molecule has 22 heavy (non-hydrogen) atoms. The van der Waals surface area contributed by atoms with E-state index in [1.165, 1.54) is 30.4 Å². The molecule has 116 valence electrons. The molecular weight excluding hydrogens is 329 g/mol. The minimum Gasteiger partial charge on any atom is -0.452 e. The van der Waals surface area contributed by atoms with Gasteiger partial charge in [-0.15, -0.1) is 0 Å². The zero-order valence-electron chi connectivity index (χ0n) is 11.6. The summed E-state index contributed by atoms with van der Waals surface area (Å²) in [5, 5.41) is 6.26. The maximum absolute atomic E-state index is 12.9. The van der Waals surface area contributed by atoms with E-state index < -0.39 is 23.8 Å². The van der Waals surface area contributed by atoms with Gasteiger partial charge in [0.2, 0.25) is 0 Å². The summed E-state index contributed by atoms with van der Waals surface area (Å²) in [6.45, 7) is 1.46. The summed E-state index contributed by atoms with van der Waals surface area (Å²) in [5.41, 5.74) is 1.10. The van der Waals surface area contributed by atoms with Crippen LogP contribution in [0.15, 0.2) is 35.0 Å². The molecule has 2 rings (SSSR count). The number of hydrogen-bond donors (Lipinski definition) is 1. The number of nitrogens with one attached hydrogen (secondary N) is 1. The fraction of sp³-hybridized carbons (Fsp3) is 0.200. The van der Waals surface area contributed by atoms with Crippen molar-refractivity contribution in [2.24, 2.45) is 0 Å².